The lowest BCUT2D eigenvalue weighted by Gasteiger charge is -2.30. The first-order chi connectivity index (χ1) is 14.6. The number of methoxy groups -OCH3 is 1. The number of anilines is 2. The van der Waals surface area contributed by atoms with Gasteiger partial charge in [0.05, 0.1) is 7.11 Å². The fourth-order valence-corrected chi connectivity index (χ4v) is 4.80. The number of amides is 2. The van der Waals surface area contributed by atoms with Gasteiger partial charge < -0.3 is 15.0 Å². The third-order valence-electron chi connectivity index (χ3n) is 5.72. The minimum Gasteiger partial charge on any atom is -0.497 e. The van der Waals surface area contributed by atoms with Crippen LogP contribution in [0.25, 0.3) is 0 Å². The van der Waals surface area contributed by atoms with E-state index in [0.717, 1.165) is 61.8 Å². The highest BCUT2D eigenvalue weighted by molar-refractivity contribution is 7.19. The molecule has 3 heterocycles. The Kier molecular flexibility index (Phi) is 6.47. The summed E-state index contributed by atoms with van der Waals surface area (Å²) < 4.78 is 5.16. The molecule has 1 aromatic heterocycles. The fourth-order valence-electron chi connectivity index (χ4n) is 3.86. The standard InChI is InChI=1S/C21H27N5O3S/c1-29-17-7-5-15(6-8-17)14-22-19(28)16-9-12-25(13-10-16)20-23-24-21(30-20)26-11-3-2-4-18(26)27/h5-8,16H,2-4,9-14H2,1H3,(H,22,28). The number of hydrogen-bond acceptors (Lipinski definition) is 7. The van der Waals surface area contributed by atoms with Gasteiger partial charge in [-0.15, -0.1) is 10.2 Å². The third-order valence-corrected chi connectivity index (χ3v) is 6.73. The SMILES string of the molecule is COc1ccc(CNC(=O)C2CCN(c3nnc(N4CCCCC4=O)s3)CC2)cc1. The Morgan fingerprint density at radius 3 is 2.57 bits per heavy atom. The number of nitrogens with one attached hydrogen (secondary N) is 1. The Labute approximate surface area is 180 Å². The number of aromatic nitrogens is 2. The highest BCUT2D eigenvalue weighted by atomic mass is 32.1. The number of carbonyl (C=O) groups is 2. The minimum absolute atomic E-state index is 0.00978. The molecule has 0 bridgehead atoms. The summed E-state index contributed by atoms with van der Waals surface area (Å²) in [4.78, 5) is 28.6. The first kappa shape index (κ1) is 20.6. The number of nitrogens with zero attached hydrogens (tertiary/aromatic N) is 4. The van der Waals surface area contributed by atoms with Gasteiger partial charge in [0, 0.05) is 38.5 Å². The van der Waals surface area contributed by atoms with E-state index in [-0.39, 0.29) is 17.7 Å². The van der Waals surface area contributed by atoms with Crippen LogP contribution >= 0.6 is 11.3 Å². The molecule has 4 rings (SSSR count). The molecule has 0 atom stereocenters. The molecule has 0 radical (unpaired) electrons. The van der Waals surface area contributed by atoms with Crippen molar-refractivity contribution in [3.63, 3.8) is 0 Å². The molecule has 1 aromatic carbocycles. The Hall–Kier alpha value is -2.68. The van der Waals surface area contributed by atoms with Crippen LogP contribution in [0.4, 0.5) is 10.3 Å². The summed E-state index contributed by atoms with van der Waals surface area (Å²) in [5.41, 5.74) is 1.05. The van der Waals surface area contributed by atoms with Gasteiger partial charge in [-0.05, 0) is 43.4 Å². The molecule has 1 N–H and O–H groups in total. The second-order valence-corrected chi connectivity index (χ2v) is 8.63. The molecule has 2 aromatic rings. The maximum absolute atomic E-state index is 12.6. The van der Waals surface area contributed by atoms with Crippen molar-refractivity contribution in [2.75, 3.05) is 36.5 Å². The number of ether oxygens (including phenoxy) is 1. The smallest absolute Gasteiger partial charge is 0.228 e. The zero-order valence-corrected chi connectivity index (χ0v) is 18.0. The van der Waals surface area contributed by atoms with Crippen LogP contribution in [0.3, 0.4) is 0 Å². The summed E-state index contributed by atoms with van der Waals surface area (Å²) in [5.74, 6) is 1.05. The quantitative estimate of drug-likeness (QED) is 0.760. The van der Waals surface area contributed by atoms with E-state index in [2.05, 4.69) is 20.4 Å². The Bertz CT molecular complexity index is 877. The maximum atomic E-state index is 12.6. The van der Waals surface area contributed by atoms with Gasteiger partial charge in [-0.1, -0.05) is 23.5 Å². The molecular formula is C21H27N5O3S. The van der Waals surface area contributed by atoms with Crippen molar-refractivity contribution in [1.82, 2.24) is 15.5 Å². The average Bonchev–Trinajstić information content (AvgIpc) is 3.28. The number of benzene rings is 1. The van der Waals surface area contributed by atoms with Gasteiger partial charge in [0.2, 0.25) is 22.1 Å². The second kappa shape index (κ2) is 9.42. The molecule has 30 heavy (non-hydrogen) atoms. The van der Waals surface area contributed by atoms with Gasteiger partial charge in [-0.2, -0.15) is 0 Å². The van der Waals surface area contributed by atoms with Crippen LogP contribution in [0.15, 0.2) is 24.3 Å². The molecule has 2 fully saturated rings. The highest BCUT2D eigenvalue weighted by Gasteiger charge is 2.28. The van der Waals surface area contributed by atoms with Crippen molar-refractivity contribution in [2.24, 2.45) is 5.92 Å². The van der Waals surface area contributed by atoms with E-state index in [1.165, 1.54) is 11.3 Å². The van der Waals surface area contributed by atoms with E-state index in [1.54, 1.807) is 12.0 Å². The van der Waals surface area contributed by atoms with E-state index in [9.17, 15) is 9.59 Å². The van der Waals surface area contributed by atoms with Crippen LogP contribution in [-0.2, 0) is 16.1 Å². The van der Waals surface area contributed by atoms with Crippen molar-refractivity contribution in [3.8, 4) is 5.75 Å². The van der Waals surface area contributed by atoms with Gasteiger partial charge >= 0.3 is 0 Å². The summed E-state index contributed by atoms with van der Waals surface area (Å²) in [6, 6.07) is 7.71. The molecule has 160 valence electrons. The number of hydrogen-bond donors (Lipinski definition) is 1. The topological polar surface area (TPSA) is 87.7 Å². The summed E-state index contributed by atoms with van der Waals surface area (Å²) in [5, 5.41) is 13.1. The number of piperidine rings is 2. The zero-order chi connectivity index (χ0) is 20.9. The Morgan fingerprint density at radius 1 is 1.13 bits per heavy atom. The normalized spacial score (nSPS) is 17.8. The van der Waals surface area contributed by atoms with Crippen LogP contribution in [-0.4, -0.2) is 48.8 Å². The van der Waals surface area contributed by atoms with E-state index in [1.807, 2.05) is 24.3 Å². The van der Waals surface area contributed by atoms with Crippen molar-refractivity contribution in [2.45, 2.75) is 38.6 Å². The average molecular weight is 430 g/mol. The summed E-state index contributed by atoms with van der Waals surface area (Å²) in [6.45, 7) is 2.78. The zero-order valence-electron chi connectivity index (χ0n) is 17.2. The Balaban J connectivity index is 1.26. The predicted octanol–water partition coefficient (Wildman–Crippen LogP) is 2.60. The molecule has 2 aliphatic heterocycles. The first-order valence-electron chi connectivity index (χ1n) is 10.4. The predicted molar refractivity (Wildman–Crippen MR) is 116 cm³/mol. The van der Waals surface area contributed by atoms with Gasteiger partial charge in [0.15, 0.2) is 0 Å². The van der Waals surface area contributed by atoms with E-state index in [4.69, 9.17) is 4.74 Å². The van der Waals surface area contributed by atoms with Crippen LogP contribution in [0.1, 0.15) is 37.7 Å². The number of carbonyl (C=O) groups excluding carboxylic acids is 2. The van der Waals surface area contributed by atoms with Crippen LogP contribution in [0.5, 0.6) is 5.75 Å². The van der Waals surface area contributed by atoms with Gasteiger partial charge in [0.25, 0.3) is 0 Å². The van der Waals surface area contributed by atoms with Gasteiger partial charge in [-0.25, -0.2) is 0 Å². The summed E-state index contributed by atoms with van der Waals surface area (Å²) in [7, 11) is 1.64. The van der Waals surface area contributed by atoms with E-state index < -0.39 is 0 Å². The van der Waals surface area contributed by atoms with Crippen molar-refractivity contribution < 1.29 is 14.3 Å². The minimum atomic E-state index is 0.00978. The molecule has 2 amide bonds. The van der Waals surface area contributed by atoms with Crippen molar-refractivity contribution >= 4 is 33.4 Å². The summed E-state index contributed by atoms with van der Waals surface area (Å²) in [6.07, 6.45) is 4.12. The molecule has 8 nitrogen and oxygen atoms in total. The van der Waals surface area contributed by atoms with Crippen molar-refractivity contribution in [1.29, 1.82) is 0 Å². The van der Waals surface area contributed by atoms with Crippen LogP contribution < -0.4 is 19.9 Å². The van der Waals surface area contributed by atoms with Gasteiger partial charge in [0.1, 0.15) is 5.75 Å². The highest BCUT2D eigenvalue weighted by Crippen LogP contribution is 2.31. The molecule has 0 spiro atoms. The molecule has 2 aliphatic rings. The number of rotatable bonds is 6. The van der Waals surface area contributed by atoms with E-state index >= 15 is 0 Å². The third kappa shape index (κ3) is 4.72. The monoisotopic (exact) mass is 429 g/mol. The lowest BCUT2D eigenvalue weighted by atomic mass is 9.96. The molecule has 2 saturated heterocycles. The van der Waals surface area contributed by atoms with Crippen LogP contribution in [0, 0.1) is 5.92 Å². The van der Waals surface area contributed by atoms with Crippen molar-refractivity contribution in [3.05, 3.63) is 29.8 Å². The fraction of sp³-hybridized carbons (Fsp3) is 0.524. The lowest BCUT2D eigenvalue weighted by molar-refractivity contribution is -0.125. The molecule has 0 aliphatic carbocycles. The lowest BCUT2D eigenvalue weighted by Crippen LogP contribution is -2.40. The Morgan fingerprint density at radius 2 is 1.87 bits per heavy atom. The molecule has 0 unspecified atom stereocenters. The summed E-state index contributed by atoms with van der Waals surface area (Å²) >= 11 is 1.47. The molecular weight excluding hydrogens is 402 g/mol. The van der Waals surface area contributed by atoms with E-state index in [0.29, 0.717) is 18.1 Å². The largest absolute Gasteiger partial charge is 0.497 e. The van der Waals surface area contributed by atoms with Crippen LogP contribution in [0.2, 0.25) is 0 Å². The maximum Gasteiger partial charge on any atom is 0.228 e. The second-order valence-electron chi connectivity index (χ2n) is 7.70. The van der Waals surface area contributed by atoms with Gasteiger partial charge in [-0.3, -0.25) is 14.5 Å². The first-order valence-corrected chi connectivity index (χ1v) is 11.2. The molecule has 9 heteroatoms. The molecule has 0 saturated carbocycles.